The van der Waals surface area contributed by atoms with Crippen molar-refractivity contribution in [2.24, 2.45) is 10.2 Å². The van der Waals surface area contributed by atoms with Crippen molar-refractivity contribution in [3.8, 4) is 0 Å². The summed E-state index contributed by atoms with van der Waals surface area (Å²) in [4.78, 5) is 0. The first-order valence-corrected chi connectivity index (χ1v) is 4.52. The van der Waals surface area contributed by atoms with Crippen molar-refractivity contribution < 1.29 is 13.2 Å². The highest BCUT2D eigenvalue weighted by molar-refractivity contribution is 9.09. The van der Waals surface area contributed by atoms with Crippen LogP contribution in [-0.4, -0.2) is 0 Å². The molecule has 0 saturated carbocycles. The van der Waals surface area contributed by atoms with Crippen molar-refractivity contribution in [1.82, 2.24) is 0 Å². The molecule has 0 amide bonds. The molecule has 1 aromatic rings. The fourth-order valence-corrected chi connectivity index (χ4v) is 1.37. The summed E-state index contributed by atoms with van der Waals surface area (Å²) in [6.45, 7) is 0. The Morgan fingerprint density at radius 3 is 1.93 bits per heavy atom. The fourth-order valence-electron chi connectivity index (χ4n) is 1.03. The SMILES string of the molecule is FC(F)(F)c1ccc(C2(Br)N=N2)cc1. The molecule has 0 aromatic heterocycles. The van der Waals surface area contributed by atoms with E-state index in [2.05, 4.69) is 26.2 Å². The summed E-state index contributed by atoms with van der Waals surface area (Å²) < 4.78 is 35.7. The van der Waals surface area contributed by atoms with Gasteiger partial charge in [-0.1, -0.05) is 12.1 Å². The highest BCUT2D eigenvalue weighted by atomic mass is 79.9. The van der Waals surface area contributed by atoms with Gasteiger partial charge in [-0.25, -0.2) is 0 Å². The maximum atomic E-state index is 12.2. The Bertz CT molecular complexity index is 352. The molecule has 1 aliphatic rings. The van der Waals surface area contributed by atoms with Gasteiger partial charge < -0.3 is 0 Å². The van der Waals surface area contributed by atoms with E-state index in [4.69, 9.17) is 0 Å². The Morgan fingerprint density at radius 2 is 1.57 bits per heavy atom. The predicted molar refractivity (Wildman–Crippen MR) is 46.9 cm³/mol. The van der Waals surface area contributed by atoms with E-state index in [9.17, 15) is 13.2 Å². The lowest BCUT2D eigenvalue weighted by Gasteiger charge is -2.07. The van der Waals surface area contributed by atoms with Gasteiger partial charge in [0.05, 0.1) is 5.56 Å². The number of alkyl halides is 4. The lowest BCUT2D eigenvalue weighted by molar-refractivity contribution is -0.137. The van der Waals surface area contributed by atoms with Gasteiger partial charge >= 0.3 is 6.18 Å². The minimum Gasteiger partial charge on any atom is -0.166 e. The molecule has 0 aliphatic carbocycles. The zero-order valence-electron chi connectivity index (χ0n) is 6.72. The number of rotatable bonds is 1. The van der Waals surface area contributed by atoms with Gasteiger partial charge in [0, 0.05) is 5.56 Å². The first kappa shape index (κ1) is 9.64. The van der Waals surface area contributed by atoms with Crippen LogP contribution in [0.4, 0.5) is 13.2 Å². The molecule has 2 rings (SSSR count). The van der Waals surface area contributed by atoms with Crippen LogP contribution in [0.25, 0.3) is 0 Å². The number of halogens is 4. The molecule has 0 radical (unpaired) electrons. The van der Waals surface area contributed by atoms with Crippen molar-refractivity contribution >= 4 is 15.9 Å². The summed E-state index contributed by atoms with van der Waals surface area (Å²) in [6.07, 6.45) is -4.30. The summed E-state index contributed by atoms with van der Waals surface area (Å²) in [5.74, 6) is 0. The molecule has 0 saturated heterocycles. The molecule has 0 atom stereocenters. The molecule has 0 bridgehead atoms. The molecule has 6 heteroatoms. The number of nitrogens with zero attached hydrogens (tertiary/aromatic N) is 2. The Balaban J connectivity index is 2.27. The third kappa shape index (κ3) is 1.66. The molecule has 0 unspecified atom stereocenters. The van der Waals surface area contributed by atoms with Crippen LogP contribution < -0.4 is 0 Å². The van der Waals surface area contributed by atoms with Gasteiger partial charge in [-0.05, 0) is 28.1 Å². The van der Waals surface area contributed by atoms with Crippen molar-refractivity contribution in [1.29, 1.82) is 0 Å². The zero-order chi connectivity index (χ0) is 10.4. The van der Waals surface area contributed by atoms with Gasteiger partial charge in [-0.15, -0.1) is 10.2 Å². The van der Waals surface area contributed by atoms with E-state index in [0.717, 1.165) is 12.1 Å². The lowest BCUT2D eigenvalue weighted by atomic mass is 10.1. The maximum absolute atomic E-state index is 12.2. The second-order valence-electron chi connectivity index (χ2n) is 2.86. The van der Waals surface area contributed by atoms with E-state index < -0.39 is 16.3 Å². The molecular formula is C8H4BrF3N2. The van der Waals surface area contributed by atoms with Crippen molar-refractivity contribution in [2.75, 3.05) is 0 Å². The highest BCUT2D eigenvalue weighted by Crippen LogP contribution is 2.45. The Kier molecular flexibility index (Phi) is 1.92. The normalized spacial score (nSPS) is 18.3. The zero-order valence-corrected chi connectivity index (χ0v) is 8.30. The molecule has 0 N–H and O–H groups in total. The molecule has 1 aliphatic heterocycles. The second kappa shape index (κ2) is 2.79. The van der Waals surface area contributed by atoms with E-state index in [0.29, 0.717) is 5.56 Å². The summed E-state index contributed by atoms with van der Waals surface area (Å²) in [6, 6.07) is 4.75. The number of benzene rings is 1. The van der Waals surface area contributed by atoms with Crippen LogP contribution in [0, 0.1) is 0 Å². The molecule has 74 valence electrons. The molecule has 0 fully saturated rings. The Morgan fingerprint density at radius 1 is 1.07 bits per heavy atom. The first-order chi connectivity index (χ1) is 6.42. The van der Waals surface area contributed by atoms with Gasteiger partial charge in [0.1, 0.15) is 0 Å². The number of hydrogen-bond acceptors (Lipinski definition) is 2. The van der Waals surface area contributed by atoms with Crippen molar-refractivity contribution in [2.45, 2.75) is 10.7 Å². The Labute approximate surface area is 86.0 Å². The lowest BCUT2D eigenvalue weighted by Crippen LogP contribution is -2.05. The van der Waals surface area contributed by atoms with Gasteiger partial charge in [-0.3, -0.25) is 0 Å². The van der Waals surface area contributed by atoms with Crippen molar-refractivity contribution in [3.05, 3.63) is 35.4 Å². The number of hydrogen-bond donors (Lipinski definition) is 0. The molecule has 2 nitrogen and oxygen atoms in total. The standard InChI is InChI=1S/C8H4BrF3N2/c9-7(13-14-7)5-1-3-6(4-2-5)8(10,11)12/h1-4H. The third-order valence-electron chi connectivity index (χ3n) is 1.86. The van der Waals surface area contributed by atoms with E-state index in [1.54, 1.807) is 0 Å². The van der Waals surface area contributed by atoms with E-state index in [1.807, 2.05) is 0 Å². The van der Waals surface area contributed by atoms with E-state index in [-0.39, 0.29) is 0 Å². The van der Waals surface area contributed by atoms with E-state index >= 15 is 0 Å². The molecule has 1 aromatic carbocycles. The average molecular weight is 265 g/mol. The van der Waals surface area contributed by atoms with Crippen LogP contribution in [0.15, 0.2) is 34.5 Å². The van der Waals surface area contributed by atoms with Crippen LogP contribution in [0.5, 0.6) is 0 Å². The quantitative estimate of drug-likeness (QED) is 0.546. The van der Waals surface area contributed by atoms with Crippen LogP contribution in [0.2, 0.25) is 0 Å². The van der Waals surface area contributed by atoms with Gasteiger partial charge in [0.15, 0.2) is 0 Å². The van der Waals surface area contributed by atoms with Crippen LogP contribution in [-0.2, 0) is 10.7 Å². The topological polar surface area (TPSA) is 24.7 Å². The Hall–Kier alpha value is -0.910. The molecule has 0 spiro atoms. The van der Waals surface area contributed by atoms with Crippen LogP contribution >= 0.6 is 15.9 Å². The minimum atomic E-state index is -4.30. The van der Waals surface area contributed by atoms with Gasteiger partial charge in [0.25, 0.3) is 4.57 Å². The summed E-state index contributed by atoms with van der Waals surface area (Å²) in [5, 5.41) is 7.31. The summed E-state index contributed by atoms with van der Waals surface area (Å²) in [7, 11) is 0. The molecular weight excluding hydrogens is 261 g/mol. The molecule has 1 heterocycles. The maximum Gasteiger partial charge on any atom is 0.416 e. The van der Waals surface area contributed by atoms with Gasteiger partial charge in [0.2, 0.25) is 0 Å². The monoisotopic (exact) mass is 264 g/mol. The summed E-state index contributed by atoms with van der Waals surface area (Å²) >= 11 is 3.16. The van der Waals surface area contributed by atoms with Crippen molar-refractivity contribution in [3.63, 3.8) is 0 Å². The second-order valence-corrected chi connectivity index (χ2v) is 3.97. The van der Waals surface area contributed by atoms with Crippen LogP contribution in [0.3, 0.4) is 0 Å². The third-order valence-corrected chi connectivity index (χ3v) is 2.63. The summed E-state index contributed by atoms with van der Waals surface area (Å²) in [5.41, 5.74) is -0.0662. The largest absolute Gasteiger partial charge is 0.416 e. The average Bonchev–Trinajstić information content (AvgIpc) is 2.84. The first-order valence-electron chi connectivity index (χ1n) is 3.72. The molecule has 14 heavy (non-hydrogen) atoms. The predicted octanol–water partition coefficient (Wildman–Crippen LogP) is 3.68. The fraction of sp³-hybridized carbons (Fsp3) is 0.250. The minimum absolute atomic E-state index is 0.602. The van der Waals surface area contributed by atoms with Crippen LogP contribution in [0.1, 0.15) is 11.1 Å². The van der Waals surface area contributed by atoms with Gasteiger partial charge in [-0.2, -0.15) is 13.2 Å². The van der Waals surface area contributed by atoms with E-state index in [1.165, 1.54) is 12.1 Å². The smallest absolute Gasteiger partial charge is 0.166 e. The highest BCUT2D eigenvalue weighted by Gasteiger charge is 2.39.